The molecule has 12 N–H and O–H groups in total. The van der Waals surface area contributed by atoms with Crippen LogP contribution in [0, 0.1) is 0 Å². The van der Waals surface area contributed by atoms with Crippen LogP contribution in [-0.2, 0) is 40.0 Å². The number of β-amino-alcohol motifs (C(OH)–C–C–N with tert-alkyl or cyclic N) is 1. The molecule has 8 atom stereocenters. The average Bonchev–Trinajstić information content (AvgIpc) is 3.79. The molecule has 0 unspecified atom stereocenters. The van der Waals surface area contributed by atoms with Crippen molar-refractivity contribution in [2.24, 2.45) is 0 Å². The molecule has 3 aromatic rings. The lowest BCUT2D eigenvalue weighted by molar-refractivity contribution is -0.145. The SMILES string of the molecule is CN1CC(=O)N[C@H](Cc2c[nH]c3cc(Cl)ccc23)C(=O)NCC(=O)NC[C@H](O)CC(=O)N[C@H]([C@H](O)[C@@H](O)C/C=C/C=C/C=C/c2ccccc2)[C@H](O)C(=O)N[C@@H]2CC(=O)N[C@@]2(O)CC1=O. The molecule has 2 aliphatic rings. The number of H-pyrrole nitrogens is 1. The topological polar surface area (TPSA) is 312 Å². The number of nitrogens with zero attached hydrogens (tertiary/aromatic N) is 1. The summed E-state index contributed by atoms with van der Waals surface area (Å²) in [5, 5.41) is 70.8. The van der Waals surface area contributed by atoms with Crippen LogP contribution in [0.15, 0.2) is 85.1 Å². The fraction of sp³-hybridized carbons (Fsp3) is 0.386. The molecule has 20 nitrogen and oxygen atoms in total. The molecule has 5 rings (SSSR count). The lowest BCUT2D eigenvalue weighted by Gasteiger charge is -2.34. The Morgan fingerprint density at radius 1 is 0.846 bits per heavy atom. The van der Waals surface area contributed by atoms with Crippen molar-refractivity contribution in [3.05, 3.63) is 101 Å². The highest BCUT2D eigenvalue weighted by molar-refractivity contribution is 6.31. The van der Waals surface area contributed by atoms with Gasteiger partial charge in [-0.1, -0.05) is 84.5 Å². The van der Waals surface area contributed by atoms with E-state index in [0.717, 1.165) is 10.5 Å². The van der Waals surface area contributed by atoms with Crippen molar-refractivity contribution < 1.29 is 59.1 Å². The normalized spacial score (nSPS) is 26.0. The first-order valence-electron chi connectivity index (χ1n) is 20.7. The van der Waals surface area contributed by atoms with E-state index in [1.54, 1.807) is 48.7 Å². The summed E-state index contributed by atoms with van der Waals surface area (Å²) in [6, 6.07) is 9.70. The third kappa shape index (κ3) is 14.3. The number of carbonyl (C=O) groups excluding carboxylic acids is 7. The van der Waals surface area contributed by atoms with Gasteiger partial charge in [0, 0.05) is 42.1 Å². The van der Waals surface area contributed by atoms with E-state index in [1.165, 1.54) is 13.1 Å². The minimum Gasteiger partial charge on any atom is -0.391 e. The van der Waals surface area contributed by atoms with Crippen LogP contribution in [0.1, 0.15) is 36.8 Å². The van der Waals surface area contributed by atoms with Crippen LogP contribution < -0.4 is 31.9 Å². The fourth-order valence-corrected chi connectivity index (χ4v) is 7.33. The van der Waals surface area contributed by atoms with E-state index >= 15 is 0 Å². The Hall–Kier alpha value is -6.42. The standard InChI is InChI=1S/C44H53ClN8O12/c1-53-24-37(59)49-31(16-26-21-46-30-17-27(45)14-15-29(26)30)42(63)48-23-36(58)47-22-28(54)18-34(56)51-39(41(62)43(64)50-33-19-35(57)52-44(33,65)20-38(53)60)40(61)32(55)13-9-4-2-3-6-10-25-11-7-5-8-12-25/h2-12,14-15,17,21,28,31-33,39-41,46,54-55,61-62,65H,13,16,18-20,22-24H2,1H3,(H,47,58)(H,48,63)(H,49,59)(H,50,64)(H,51,56)(H,52,57)/b3-2+,9-4+,10-6+/t28-,31-,32+,33-,39-,40-,41+,44-/m1/s1. The van der Waals surface area contributed by atoms with Crippen LogP contribution >= 0.6 is 11.6 Å². The molecule has 0 saturated carbocycles. The van der Waals surface area contributed by atoms with Gasteiger partial charge in [0.15, 0.2) is 11.8 Å². The summed E-state index contributed by atoms with van der Waals surface area (Å²) < 4.78 is 0. The van der Waals surface area contributed by atoms with Gasteiger partial charge in [-0.2, -0.15) is 0 Å². The molecule has 2 aliphatic heterocycles. The van der Waals surface area contributed by atoms with Crippen molar-refractivity contribution in [2.75, 3.05) is 26.7 Å². The Morgan fingerprint density at radius 2 is 1.58 bits per heavy atom. The maximum absolute atomic E-state index is 13.6. The molecule has 0 bridgehead atoms. The minimum absolute atomic E-state index is 0.0839. The summed E-state index contributed by atoms with van der Waals surface area (Å²) in [6.07, 6.45) is 1.52. The minimum atomic E-state index is -2.46. The monoisotopic (exact) mass is 920 g/mol. The van der Waals surface area contributed by atoms with E-state index in [9.17, 15) is 59.1 Å². The van der Waals surface area contributed by atoms with Gasteiger partial charge in [0.25, 0.3) is 5.91 Å². The molecule has 65 heavy (non-hydrogen) atoms. The van der Waals surface area contributed by atoms with Gasteiger partial charge in [-0.05, 0) is 29.7 Å². The van der Waals surface area contributed by atoms with Crippen molar-refractivity contribution in [3.63, 3.8) is 0 Å². The predicted molar refractivity (Wildman–Crippen MR) is 236 cm³/mol. The Morgan fingerprint density at radius 3 is 2.34 bits per heavy atom. The Kier molecular flexibility index (Phi) is 17.5. The number of allylic oxidation sites excluding steroid dienone is 4. The quantitative estimate of drug-likeness (QED) is 0.106. The second-order valence-electron chi connectivity index (χ2n) is 15.8. The zero-order valence-corrected chi connectivity index (χ0v) is 36.0. The summed E-state index contributed by atoms with van der Waals surface area (Å²) >= 11 is 6.12. The number of rotatable bonds is 9. The predicted octanol–water partition coefficient (Wildman–Crippen LogP) is -1.83. The van der Waals surface area contributed by atoms with E-state index in [2.05, 4.69) is 36.9 Å². The van der Waals surface area contributed by atoms with Gasteiger partial charge in [-0.15, -0.1) is 0 Å². The van der Waals surface area contributed by atoms with Gasteiger partial charge >= 0.3 is 0 Å². The summed E-state index contributed by atoms with van der Waals surface area (Å²) in [5.74, 6) is -6.47. The number of aliphatic hydroxyl groups is 5. The zero-order valence-electron chi connectivity index (χ0n) is 35.3. The van der Waals surface area contributed by atoms with Gasteiger partial charge in [0.1, 0.15) is 12.1 Å². The highest BCUT2D eigenvalue weighted by atomic mass is 35.5. The first-order valence-corrected chi connectivity index (χ1v) is 21.0. The number of hydrogen-bond acceptors (Lipinski definition) is 12. The zero-order chi connectivity index (χ0) is 47.3. The number of aromatic nitrogens is 1. The number of likely N-dealkylation sites (N-methyl/N-ethyl adjacent to an activating group) is 1. The highest BCUT2D eigenvalue weighted by Gasteiger charge is 2.49. The largest absolute Gasteiger partial charge is 0.391 e. The van der Waals surface area contributed by atoms with E-state index in [-0.39, 0.29) is 12.8 Å². The van der Waals surface area contributed by atoms with E-state index in [1.807, 2.05) is 36.4 Å². The molecule has 0 radical (unpaired) electrons. The first-order chi connectivity index (χ1) is 30.9. The summed E-state index contributed by atoms with van der Waals surface area (Å²) in [7, 11) is 1.21. The van der Waals surface area contributed by atoms with Gasteiger partial charge in [0.2, 0.25) is 35.4 Å². The summed E-state index contributed by atoms with van der Waals surface area (Å²) in [5.41, 5.74) is -0.241. The maximum atomic E-state index is 13.6. The van der Waals surface area contributed by atoms with Gasteiger partial charge in [-0.3, -0.25) is 33.6 Å². The molecule has 2 saturated heterocycles. The Bertz CT molecular complexity index is 2300. The van der Waals surface area contributed by atoms with Crippen molar-refractivity contribution >= 4 is 69.9 Å². The molecule has 348 valence electrons. The number of hydrogen-bond donors (Lipinski definition) is 12. The van der Waals surface area contributed by atoms with Gasteiger partial charge in [0.05, 0.1) is 56.6 Å². The van der Waals surface area contributed by atoms with Crippen LogP contribution in [0.2, 0.25) is 5.02 Å². The van der Waals surface area contributed by atoms with Crippen molar-refractivity contribution in [2.45, 2.75) is 80.4 Å². The van der Waals surface area contributed by atoms with Crippen LogP contribution in [0.5, 0.6) is 0 Å². The van der Waals surface area contributed by atoms with Crippen LogP contribution in [0.25, 0.3) is 17.0 Å². The summed E-state index contributed by atoms with van der Waals surface area (Å²) in [6.45, 7) is -1.79. The van der Waals surface area contributed by atoms with Crippen molar-refractivity contribution in [1.82, 2.24) is 41.8 Å². The second-order valence-corrected chi connectivity index (χ2v) is 16.2. The molecule has 0 spiro atoms. The number of halogens is 1. The molecular formula is C44H53ClN8O12. The number of fused-ring (bicyclic) bond motifs is 2. The van der Waals surface area contributed by atoms with Crippen LogP contribution in [0.3, 0.4) is 0 Å². The lowest BCUT2D eigenvalue weighted by Crippen LogP contribution is -2.63. The molecule has 0 aliphatic carbocycles. The van der Waals surface area contributed by atoms with Crippen molar-refractivity contribution in [1.29, 1.82) is 0 Å². The average molecular weight is 921 g/mol. The highest BCUT2D eigenvalue weighted by Crippen LogP contribution is 2.25. The lowest BCUT2D eigenvalue weighted by atomic mass is 9.95. The number of aromatic amines is 1. The number of amides is 7. The number of aliphatic hydroxyl groups excluding tert-OH is 4. The molecule has 1 aromatic heterocycles. The third-order valence-electron chi connectivity index (χ3n) is 10.7. The maximum Gasteiger partial charge on any atom is 0.251 e. The molecule has 2 fully saturated rings. The molecule has 2 aromatic carbocycles. The Labute approximate surface area is 378 Å². The third-order valence-corrected chi connectivity index (χ3v) is 10.9. The van der Waals surface area contributed by atoms with E-state index < -0.39 is 129 Å². The fourth-order valence-electron chi connectivity index (χ4n) is 7.16. The van der Waals surface area contributed by atoms with Crippen LogP contribution in [0.4, 0.5) is 0 Å². The van der Waals surface area contributed by atoms with Crippen LogP contribution in [-0.4, -0.2) is 152 Å². The summed E-state index contributed by atoms with van der Waals surface area (Å²) in [4.78, 5) is 96.4. The second kappa shape index (κ2) is 23.0. The van der Waals surface area contributed by atoms with E-state index in [0.29, 0.717) is 21.5 Å². The molecule has 7 amide bonds. The molecule has 21 heteroatoms. The first kappa shape index (κ1) is 49.6. The van der Waals surface area contributed by atoms with Crippen molar-refractivity contribution in [3.8, 4) is 0 Å². The van der Waals surface area contributed by atoms with E-state index in [4.69, 9.17) is 11.6 Å². The number of nitrogens with one attached hydrogen (secondary N) is 7. The Balaban J connectivity index is 1.33. The number of carbonyl (C=O) groups is 7. The van der Waals surface area contributed by atoms with Gasteiger partial charge < -0.3 is 67.3 Å². The smallest absolute Gasteiger partial charge is 0.251 e. The molecular weight excluding hydrogens is 868 g/mol. The number of benzene rings is 2. The molecule has 3 heterocycles. The van der Waals surface area contributed by atoms with Gasteiger partial charge in [-0.25, -0.2) is 0 Å².